The molecule has 0 N–H and O–H groups in total. The van der Waals surface area contributed by atoms with E-state index < -0.39 is 10.0 Å². The number of rotatable bonds is 2. The summed E-state index contributed by atoms with van der Waals surface area (Å²) < 4.78 is 31.6. The average molecular weight is 342 g/mol. The number of sulfonamides is 1. The van der Waals surface area contributed by atoms with Crippen molar-refractivity contribution in [2.24, 2.45) is 0 Å². The second-order valence-electron chi connectivity index (χ2n) is 3.46. The number of hydrogen-bond acceptors (Lipinski definition) is 4. The Morgan fingerprint density at radius 2 is 2.06 bits per heavy atom. The smallest absolute Gasteiger partial charge is 0.246 e. The largest absolute Gasteiger partial charge is 0.379 e. The van der Waals surface area contributed by atoms with Crippen LogP contribution in [0.4, 0.5) is 0 Å². The minimum Gasteiger partial charge on any atom is -0.379 e. The van der Waals surface area contributed by atoms with Gasteiger partial charge >= 0.3 is 0 Å². The number of pyridine rings is 1. The van der Waals surface area contributed by atoms with Gasteiger partial charge in [-0.1, -0.05) is 11.6 Å². The highest BCUT2D eigenvalue weighted by atomic mass is 79.9. The lowest BCUT2D eigenvalue weighted by molar-refractivity contribution is 0.0730. The van der Waals surface area contributed by atoms with E-state index in [9.17, 15) is 8.42 Å². The Hall–Kier alpha value is -0.210. The first-order valence-corrected chi connectivity index (χ1v) is 7.52. The van der Waals surface area contributed by atoms with Gasteiger partial charge in [0.25, 0.3) is 0 Å². The van der Waals surface area contributed by atoms with Crippen LogP contribution in [-0.2, 0) is 14.8 Å². The highest BCUT2D eigenvalue weighted by molar-refractivity contribution is 9.10. The van der Waals surface area contributed by atoms with Crippen molar-refractivity contribution in [3.05, 3.63) is 21.9 Å². The topological polar surface area (TPSA) is 59.5 Å². The van der Waals surface area contributed by atoms with Gasteiger partial charge in [0.05, 0.1) is 13.2 Å². The SMILES string of the molecule is O=S(=O)(c1cc(Br)cnc1Cl)N1CCOCC1. The molecule has 0 radical (unpaired) electrons. The van der Waals surface area contributed by atoms with Crippen molar-refractivity contribution in [2.45, 2.75) is 4.90 Å². The van der Waals surface area contributed by atoms with E-state index in [1.165, 1.54) is 16.6 Å². The summed E-state index contributed by atoms with van der Waals surface area (Å²) in [4.78, 5) is 3.84. The Morgan fingerprint density at radius 3 is 2.71 bits per heavy atom. The number of aromatic nitrogens is 1. The molecule has 1 aliphatic rings. The molecule has 0 aromatic carbocycles. The van der Waals surface area contributed by atoms with Gasteiger partial charge in [-0.05, 0) is 22.0 Å². The second kappa shape index (κ2) is 5.19. The highest BCUT2D eigenvalue weighted by Gasteiger charge is 2.28. The summed E-state index contributed by atoms with van der Waals surface area (Å²) >= 11 is 9.01. The van der Waals surface area contributed by atoms with Crippen molar-refractivity contribution in [1.82, 2.24) is 9.29 Å². The predicted molar refractivity (Wildman–Crippen MR) is 66.5 cm³/mol. The van der Waals surface area contributed by atoms with Gasteiger partial charge in [0.2, 0.25) is 10.0 Å². The molecule has 5 nitrogen and oxygen atoms in total. The standard InChI is InChI=1S/C9H10BrClN2O3S/c10-7-5-8(9(11)12-6-7)17(14,15)13-1-3-16-4-2-13/h5-6H,1-4H2. The monoisotopic (exact) mass is 340 g/mol. The molecule has 1 saturated heterocycles. The summed E-state index contributed by atoms with van der Waals surface area (Å²) in [5.41, 5.74) is 0. The van der Waals surface area contributed by atoms with Crippen LogP contribution in [0.2, 0.25) is 5.15 Å². The van der Waals surface area contributed by atoms with E-state index in [1.807, 2.05) is 0 Å². The molecule has 0 bridgehead atoms. The minimum absolute atomic E-state index is 0.0142. The molecule has 1 aliphatic heterocycles. The first kappa shape index (κ1) is 13.2. The fourth-order valence-electron chi connectivity index (χ4n) is 1.51. The van der Waals surface area contributed by atoms with Crippen LogP contribution in [0.15, 0.2) is 21.6 Å². The highest BCUT2D eigenvalue weighted by Crippen LogP contribution is 2.26. The summed E-state index contributed by atoms with van der Waals surface area (Å²) in [7, 11) is -3.59. The number of hydrogen-bond donors (Lipinski definition) is 0. The summed E-state index contributed by atoms with van der Waals surface area (Å²) in [6, 6.07) is 1.46. The molecule has 0 saturated carbocycles. The zero-order valence-corrected chi connectivity index (χ0v) is 11.9. The molecule has 1 aromatic heterocycles. The van der Waals surface area contributed by atoms with E-state index in [1.54, 1.807) is 0 Å². The normalized spacial score (nSPS) is 18.2. The van der Waals surface area contributed by atoms with Crippen LogP contribution in [0.5, 0.6) is 0 Å². The molecule has 0 spiro atoms. The molecular weight excluding hydrogens is 332 g/mol. The maximum Gasteiger partial charge on any atom is 0.246 e. The molecule has 0 amide bonds. The number of ether oxygens (including phenoxy) is 1. The van der Waals surface area contributed by atoms with E-state index >= 15 is 0 Å². The first-order chi connectivity index (χ1) is 8.01. The summed E-state index contributed by atoms with van der Waals surface area (Å²) in [5.74, 6) is 0. The van der Waals surface area contributed by atoms with Crippen LogP contribution in [-0.4, -0.2) is 44.0 Å². The quantitative estimate of drug-likeness (QED) is 0.765. The zero-order chi connectivity index (χ0) is 12.5. The molecule has 1 fully saturated rings. The van der Waals surface area contributed by atoms with Crippen LogP contribution in [0.3, 0.4) is 0 Å². The predicted octanol–water partition coefficient (Wildman–Crippen LogP) is 1.52. The van der Waals surface area contributed by atoms with Crippen molar-refractivity contribution in [2.75, 3.05) is 26.3 Å². The number of nitrogens with zero attached hydrogens (tertiary/aromatic N) is 2. The second-order valence-corrected chi connectivity index (χ2v) is 6.64. The van der Waals surface area contributed by atoms with Crippen LogP contribution in [0, 0.1) is 0 Å². The van der Waals surface area contributed by atoms with Crippen molar-refractivity contribution >= 4 is 37.6 Å². The average Bonchev–Trinajstić information content (AvgIpc) is 2.33. The van der Waals surface area contributed by atoms with E-state index in [0.717, 1.165) is 0 Å². The Balaban J connectivity index is 2.40. The van der Waals surface area contributed by atoms with Crippen LogP contribution in [0.1, 0.15) is 0 Å². The van der Waals surface area contributed by atoms with Gasteiger partial charge in [-0.15, -0.1) is 0 Å². The van der Waals surface area contributed by atoms with Crippen LogP contribution in [0.25, 0.3) is 0 Å². The Kier molecular flexibility index (Phi) is 4.04. The maximum absolute atomic E-state index is 12.3. The third-order valence-electron chi connectivity index (χ3n) is 2.36. The third-order valence-corrected chi connectivity index (χ3v) is 5.12. The molecule has 17 heavy (non-hydrogen) atoms. The van der Waals surface area contributed by atoms with Gasteiger partial charge in [0.1, 0.15) is 10.0 Å². The van der Waals surface area contributed by atoms with Crippen molar-refractivity contribution in [3.63, 3.8) is 0 Å². The minimum atomic E-state index is -3.59. The Bertz CT molecular complexity index is 517. The Labute approximate surface area is 113 Å². The van der Waals surface area contributed by atoms with Gasteiger partial charge in [-0.3, -0.25) is 0 Å². The van der Waals surface area contributed by atoms with Crippen molar-refractivity contribution < 1.29 is 13.2 Å². The van der Waals surface area contributed by atoms with Crippen LogP contribution >= 0.6 is 27.5 Å². The maximum atomic E-state index is 12.3. The fraction of sp³-hybridized carbons (Fsp3) is 0.444. The van der Waals surface area contributed by atoms with Gasteiger partial charge in [-0.25, -0.2) is 13.4 Å². The molecule has 2 rings (SSSR count). The lowest BCUT2D eigenvalue weighted by Crippen LogP contribution is -2.40. The fourth-order valence-corrected chi connectivity index (χ4v) is 3.84. The summed E-state index contributed by atoms with van der Waals surface area (Å²) in [5, 5.41) is -0.0142. The van der Waals surface area contributed by atoms with Gasteiger partial charge < -0.3 is 4.74 Å². The van der Waals surface area contributed by atoms with Gasteiger partial charge in [0, 0.05) is 23.8 Å². The summed E-state index contributed by atoms with van der Waals surface area (Å²) in [6.07, 6.45) is 1.46. The van der Waals surface area contributed by atoms with E-state index in [2.05, 4.69) is 20.9 Å². The molecule has 0 unspecified atom stereocenters. The first-order valence-electron chi connectivity index (χ1n) is 4.91. The molecule has 1 aromatic rings. The zero-order valence-electron chi connectivity index (χ0n) is 8.77. The summed E-state index contributed by atoms with van der Waals surface area (Å²) in [6.45, 7) is 1.48. The molecule has 94 valence electrons. The lowest BCUT2D eigenvalue weighted by atomic mass is 10.5. The lowest BCUT2D eigenvalue weighted by Gasteiger charge is -2.26. The van der Waals surface area contributed by atoms with E-state index in [4.69, 9.17) is 16.3 Å². The van der Waals surface area contributed by atoms with Crippen molar-refractivity contribution in [1.29, 1.82) is 0 Å². The van der Waals surface area contributed by atoms with E-state index in [0.29, 0.717) is 30.8 Å². The molecule has 0 atom stereocenters. The molecule has 2 heterocycles. The van der Waals surface area contributed by atoms with E-state index in [-0.39, 0.29) is 10.0 Å². The van der Waals surface area contributed by atoms with Crippen LogP contribution < -0.4 is 0 Å². The molecule has 8 heteroatoms. The van der Waals surface area contributed by atoms with Gasteiger partial charge in [-0.2, -0.15) is 4.31 Å². The molecular formula is C9H10BrClN2O3S. The van der Waals surface area contributed by atoms with Crippen molar-refractivity contribution in [3.8, 4) is 0 Å². The number of morpholine rings is 1. The molecule has 0 aliphatic carbocycles. The third kappa shape index (κ3) is 2.79. The Morgan fingerprint density at radius 1 is 1.41 bits per heavy atom. The van der Waals surface area contributed by atoms with Gasteiger partial charge in [0.15, 0.2) is 0 Å². The number of halogens is 2.